The number of thiol groups is 1. The summed E-state index contributed by atoms with van der Waals surface area (Å²) in [6.45, 7) is 3.85. The molecule has 6 nitrogen and oxygen atoms in total. The van der Waals surface area contributed by atoms with Crippen molar-refractivity contribution in [3.8, 4) is 0 Å². The summed E-state index contributed by atoms with van der Waals surface area (Å²) in [5.41, 5.74) is 1.75. The van der Waals surface area contributed by atoms with Crippen LogP contribution >= 0.6 is 12.6 Å². The van der Waals surface area contributed by atoms with Gasteiger partial charge in [-0.2, -0.15) is 12.6 Å². The summed E-state index contributed by atoms with van der Waals surface area (Å²) < 4.78 is 0. The molecule has 3 aliphatic heterocycles. The molecule has 1 saturated heterocycles. The molecule has 1 aromatic carbocycles. The van der Waals surface area contributed by atoms with Crippen molar-refractivity contribution in [1.29, 1.82) is 0 Å². The summed E-state index contributed by atoms with van der Waals surface area (Å²) >= 11 is 4.64. The highest BCUT2D eigenvalue weighted by atomic mass is 32.1. The van der Waals surface area contributed by atoms with E-state index in [0.29, 0.717) is 31.8 Å². The van der Waals surface area contributed by atoms with Gasteiger partial charge < -0.3 is 14.7 Å². The molecule has 0 radical (unpaired) electrons. The van der Waals surface area contributed by atoms with Crippen molar-refractivity contribution in [3.05, 3.63) is 59.8 Å². The van der Waals surface area contributed by atoms with Crippen LogP contribution in [0.3, 0.4) is 0 Å². The number of amides is 2. The molecule has 27 heavy (non-hydrogen) atoms. The maximum atomic E-state index is 13.0. The zero-order valence-corrected chi connectivity index (χ0v) is 16.0. The number of rotatable bonds is 2. The quantitative estimate of drug-likeness (QED) is 0.794. The van der Waals surface area contributed by atoms with Crippen LogP contribution in [0.4, 0.5) is 0 Å². The van der Waals surface area contributed by atoms with E-state index in [2.05, 4.69) is 29.8 Å². The normalized spacial score (nSPS) is 24.4. The molecule has 0 bridgehead atoms. The second-order valence-corrected chi connectivity index (χ2v) is 7.41. The molecule has 0 saturated carbocycles. The predicted molar refractivity (Wildman–Crippen MR) is 107 cm³/mol. The number of benzene rings is 1. The predicted octanol–water partition coefficient (Wildman–Crippen LogP) is 1.84. The third-order valence-corrected chi connectivity index (χ3v) is 5.60. The topological polar surface area (TPSA) is 56.2 Å². The van der Waals surface area contributed by atoms with E-state index in [1.807, 2.05) is 46.4 Å². The van der Waals surface area contributed by atoms with Gasteiger partial charge in [-0.3, -0.25) is 14.6 Å². The zero-order valence-electron chi connectivity index (χ0n) is 15.2. The van der Waals surface area contributed by atoms with E-state index in [0.717, 1.165) is 11.4 Å². The molecule has 2 unspecified atom stereocenters. The highest BCUT2D eigenvalue weighted by Gasteiger charge is 2.36. The van der Waals surface area contributed by atoms with Gasteiger partial charge in [-0.05, 0) is 17.7 Å². The average Bonchev–Trinajstić information content (AvgIpc) is 3.03. The lowest BCUT2D eigenvalue weighted by Gasteiger charge is -2.35. The van der Waals surface area contributed by atoms with Crippen LogP contribution in [-0.4, -0.2) is 63.9 Å². The van der Waals surface area contributed by atoms with Crippen LogP contribution < -0.4 is 0 Å². The largest absolute Gasteiger partial charge is 0.339 e. The van der Waals surface area contributed by atoms with Crippen LogP contribution in [0.15, 0.2) is 59.2 Å². The van der Waals surface area contributed by atoms with Crippen LogP contribution in [0.2, 0.25) is 0 Å². The van der Waals surface area contributed by atoms with Gasteiger partial charge in [0.2, 0.25) is 5.91 Å². The van der Waals surface area contributed by atoms with Crippen LogP contribution in [0.1, 0.15) is 18.5 Å². The second-order valence-electron chi connectivity index (χ2n) is 6.88. The van der Waals surface area contributed by atoms with Crippen molar-refractivity contribution in [3.63, 3.8) is 0 Å². The summed E-state index contributed by atoms with van der Waals surface area (Å²) in [7, 11) is 0. The van der Waals surface area contributed by atoms with E-state index in [4.69, 9.17) is 0 Å². The number of hydrogen-bond donors (Lipinski definition) is 1. The Morgan fingerprint density at radius 3 is 2.37 bits per heavy atom. The molecule has 2 amide bonds. The first-order chi connectivity index (χ1) is 13.0. The second kappa shape index (κ2) is 7.23. The van der Waals surface area contributed by atoms with E-state index >= 15 is 0 Å². The highest BCUT2D eigenvalue weighted by molar-refractivity contribution is 7.81. The number of carbonyl (C=O) groups excluding carboxylic acids is 2. The van der Waals surface area contributed by atoms with Gasteiger partial charge in [0, 0.05) is 39.3 Å². The lowest BCUT2D eigenvalue weighted by atomic mass is 10.0. The minimum absolute atomic E-state index is 0.0112. The maximum absolute atomic E-state index is 13.0. The SMILES string of the molecule is CC(=O)N1CCN(C(=O)C2=CN3C(=NC(S)C3c3ccccc3)C=C2)CC1. The Morgan fingerprint density at radius 1 is 1.04 bits per heavy atom. The van der Waals surface area contributed by atoms with E-state index in [9.17, 15) is 9.59 Å². The summed E-state index contributed by atoms with van der Waals surface area (Å²) in [6.07, 6.45) is 5.58. The Balaban J connectivity index is 1.53. The minimum atomic E-state index is -0.183. The Bertz CT molecular complexity index is 841. The lowest BCUT2D eigenvalue weighted by Crippen LogP contribution is -2.50. The summed E-state index contributed by atoms with van der Waals surface area (Å²) in [6, 6.07) is 10.1. The third kappa shape index (κ3) is 3.39. The van der Waals surface area contributed by atoms with Crippen LogP contribution in [0.5, 0.6) is 0 Å². The third-order valence-electron chi connectivity index (χ3n) is 5.20. The lowest BCUT2D eigenvalue weighted by molar-refractivity contribution is -0.136. The standard InChI is InChI=1S/C20H22N4O2S/c1-14(25)22-9-11-23(12-10-22)20(26)16-7-8-17-21-19(27)18(24(17)13-16)15-5-3-2-4-6-15/h2-8,13,18-19,27H,9-12H2,1H3. The first kappa shape index (κ1) is 17.9. The maximum Gasteiger partial charge on any atom is 0.255 e. The fraction of sp³-hybridized carbons (Fsp3) is 0.350. The molecule has 4 rings (SSSR count). The summed E-state index contributed by atoms with van der Waals surface area (Å²) in [5, 5.41) is -0.183. The Kier molecular flexibility index (Phi) is 4.78. The van der Waals surface area contributed by atoms with Crippen molar-refractivity contribution >= 4 is 30.3 Å². The molecule has 3 heterocycles. The number of hydrogen-bond acceptors (Lipinski definition) is 5. The van der Waals surface area contributed by atoms with Gasteiger partial charge in [0.25, 0.3) is 5.91 Å². The van der Waals surface area contributed by atoms with Gasteiger partial charge in [0.05, 0.1) is 11.6 Å². The van der Waals surface area contributed by atoms with Crippen LogP contribution in [-0.2, 0) is 9.59 Å². The van der Waals surface area contributed by atoms with Gasteiger partial charge in [-0.25, -0.2) is 0 Å². The first-order valence-corrected chi connectivity index (χ1v) is 9.60. The van der Waals surface area contributed by atoms with E-state index < -0.39 is 0 Å². The smallest absolute Gasteiger partial charge is 0.255 e. The molecule has 0 spiro atoms. The Hall–Kier alpha value is -2.54. The van der Waals surface area contributed by atoms with E-state index in [1.165, 1.54) is 0 Å². The van der Waals surface area contributed by atoms with Gasteiger partial charge in [-0.15, -0.1) is 0 Å². The van der Waals surface area contributed by atoms with Crippen molar-refractivity contribution < 1.29 is 9.59 Å². The molecule has 2 atom stereocenters. The van der Waals surface area contributed by atoms with E-state index in [-0.39, 0.29) is 23.2 Å². The molecule has 0 aromatic heterocycles. The number of aliphatic imine (C=N–C) groups is 1. The number of amidine groups is 1. The highest BCUT2D eigenvalue weighted by Crippen LogP contribution is 2.36. The first-order valence-electron chi connectivity index (χ1n) is 9.08. The zero-order chi connectivity index (χ0) is 19.0. The number of fused-ring (bicyclic) bond motifs is 1. The molecule has 1 aromatic rings. The molecule has 0 aliphatic carbocycles. The monoisotopic (exact) mass is 382 g/mol. The Morgan fingerprint density at radius 2 is 1.70 bits per heavy atom. The Labute approximate surface area is 164 Å². The minimum Gasteiger partial charge on any atom is -0.339 e. The molecule has 1 fully saturated rings. The summed E-state index contributed by atoms with van der Waals surface area (Å²) in [5.74, 6) is 0.868. The number of carbonyl (C=O) groups is 2. The van der Waals surface area contributed by atoms with Crippen LogP contribution in [0, 0.1) is 0 Å². The van der Waals surface area contributed by atoms with Crippen molar-refractivity contribution in [2.45, 2.75) is 18.3 Å². The molecular weight excluding hydrogens is 360 g/mol. The molecule has 0 N–H and O–H groups in total. The van der Waals surface area contributed by atoms with Crippen molar-refractivity contribution in [2.75, 3.05) is 26.2 Å². The van der Waals surface area contributed by atoms with Crippen molar-refractivity contribution in [1.82, 2.24) is 14.7 Å². The molecular formula is C20H22N4O2S. The van der Waals surface area contributed by atoms with Gasteiger partial charge in [0.1, 0.15) is 11.2 Å². The summed E-state index contributed by atoms with van der Waals surface area (Å²) in [4.78, 5) is 34.7. The number of piperazine rings is 1. The average molecular weight is 382 g/mol. The fourth-order valence-corrected chi connectivity index (χ4v) is 4.14. The van der Waals surface area contributed by atoms with Gasteiger partial charge >= 0.3 is 0 Å². The van der Waals surface area contributed by atoms with Crippen LogP contribution in [0.25, 0.3) is 0 Å². The van der Waals surface area contributed by atoms with E-state index in [1.54, 1.807) is 11.8 Å². The van der Waals surface area contributed by atoms with Gasteiger partial charge in [0.15, 0.2) is 0 Å². The van der Waals surface area contributed by atoms with Crippen molar-refractivity contribution in [2.24, 2.45) is 4.99 Å². The molecule has 3 aliphatic rings. The fourth-order valence-electron chi connectivity index (χ4n) is 3.71. The number of nitrogens with zero attached hydrogens (tertiary/aromatic N) is 4. The molecule has 7 heteroatoms. The molecule has 140 valence electrons. The van der Waals surface area contributed by atoms with Gasteiger partial charge in [-0.1, -0.05) is 30.3 Å².